The van der Waals surface area contributed by atoms with Crippen LogP contribution in [0.15, 0.2) is 23.1 Å². The summed E-state index contributed by atoms with van der Waals surface area (Å²) in [4.78, 5) is 1.19. The highest BCUT2D eigenvalue weighted by Crippen LogP contribution is 2.26. The smallest absolute Gasteiger partial charge is 0.0481 e. The number of hydrogen-bond donors (Lipinski definition) is 2. The van der Waals surface area contributed by atoms with Crippen molar-refractivity contribution in [3.63, 3.8) is 0 Å². The Balaban J connectivity index is 2.61. The van der Waals surface area contributed by atoms with Crippen LogP contribution in [-0.2, 0) is 0 Å². The summed E-state index contributed by atoms with van der Waals surface area (Å²) in [7, 11) is 1.96. The topological polar surface area (TPSA) is 38.0 Å². The molecule has 0 amide bonds. The van der Waals surface area contributed by atoms with Crippen LogP contribution in [0.3, 0.4) is 0 Å². The van der Waals surface area contributed by atoms with Gasteiger partial charge in [-0.15, -0.1) is 11.8 Å². The molecule has 1 aromatic rings. The number of nitrogens with two attached hydrogens (primary N) is 1. The monoisotopic (exact) mass is 196 g/mol. The largest absolute Gasteiger partial charge is 0.398 e. The Kier molecular flexibility index (Phi) is 4.12. The van der Waals surface area contributed by atoms with Crippen molar-refractivity contribution in [3.05, 3.63) is 23.8 Å². The molecular weight excluding hydrogens is 180 g/mol. The maximum absolute atomic E-state index is 5.92. The summed E-state index contributed by atoms with van der Waals surface area (Å²) in [6, 6.07) is 6.16. The van der Waals surface area contributed by atoms with Gasteiger partial charge in [-0.1, -0.05) is 12.1 Å². The number of nitrogens with one attached hydrogen (secondary N) is 1. The molecule has 3 heteroatoms. The zero-order valence-corrected chi connectivity index (χ0v) is 8.95. The summed E-state index contributed by atoms with van der Waals surface area (Å²) < 4.78 is 0. The molecule has 72 valence electrons. The summed E-state index contributed by atoms with van der Waals surface area (Å²) in [5.74, 6) is 1.06. The van der Waals surface area contributed by atoms with Gasteiger partial charge in [-0.25, -0.2) is 0 Å². The Labute approximate surface area is 83.9 Å². The molecule has 13 heavy (non-hydrogen) atoms. The number of rotatable bonds is 4. The maximum Gasteiger partial charge on any atom is 0.0481 e. The van der Waals surface area contributed by atoms with Crippen molar-refractivity contribution < 1.29 is 0 Å². The number of nitrogen functional groups attached to an aromatic ring is 1. The summed E-state index contributed by atoms with van der Waals surface area (Å²) in [5.41, 5.74) is 8.01. The van der Waals surface area contributed by atoms with Gasteiger partial charge in [-0.2, -0.15) is 0 Å². The quantitative estimate of drug-likeness (QED) is 0.439. The standard InChI is InChI=1S/C10H16N2S/c1-8-4-3-5-9(10(8)11)13-7-6-12-2/h3-5,12H,6-7,11H2,1-2H3. The van der Waals surface area contributed by atoms with Crippen LogP contribution in [0, 0.1) is 6.92 Å². The molecule has 0 heterocycles. The third-order valence-corrected chi connectivity index (χ3v) is 2.97. The van der Waals surface area contributed by atoms with Gasteiger partial charge in [0.2, 0.25) is 0 Å². The van der Waals surface area contributed by atoms with Gasteiger partial charge in [0.25, 0.3) is 0 Å². The van der Waals surface area contributed by atoms with Gasteiger partial charge in [-0.05, 0) is 25.6 Å². The molecule has 0 radical (unpaired) electrons. The SMILES string of the molecule is CNCCSc1cccc(C)c1N. The van der Waals surface area contributed by atoms with Crippen molar-refractivity contribution in [3.8, 4) is 0 Å². The van der Waals surface area contributed by atoms with E-state index in [0.717, 1.165) is 23.5 Å². The van der Waals surface area contributed by atoms with E-state index in [9.17, 15) is 0 Å². The van der Waals surface area contributed by atoms with Crippen molar-refractivity contribution in [2.45, 2.75) is 11.8 Å². The van der Waals surface area contributed by atoms with Crippen LogP contribution in [0.5, 0.6) is 0 Å². The molecule has 2 nitrogen and oxygen atoms in total. The Bertz CT molecular complexity index is 274. The van der Waals surface area contributed by atoms with Gasteiger partial charge in [0.05, 0.1) is 0 Å². The van der Waals surface area contributed by atoms with Crippen molar-refractivity contribution in [1.82, 2.24) is 5.32 Å². The third-order valence-electron chi connectivity index (χ3n) is 1.89. The molecule has 0 aliphatic carbocycles. The second-order valence-corrected chi connectivity index (χ2v) is 4.08. The molecule has 0 bridgehead atoms. The average Bonchev–Trinajstić information content (AvgIpc) is 2.13. The van der Waals surface area contributed by atoms with Crippen molar-refractivity contribution >= 4 is 17.4 Å². The number of para-hydroxylation sites is 1. The average molecular weight is 196 g/mol. The molecule has 0 aromatic heterocycles. The lowest BCUT2D eigenvalue weighted by Gasteiger charge is -2.07. The van der Waals surface area contributed by atoms with Crippen LogP contribution < -0.4 is 11.1 Å². The molecule has 0 atom stereocenters. The lowest BCUT2D eigenvalue weighted by molar-refractivity contribution is 0.872. The van der Waals surface area contributed by atoms with E-state index in [1.54, 1.807) is 11.8 Å². The van der Waals surface area contributed by atoms with Gasteiger partial charge in [0.1, 0.15) is 0 Å². The molecule has 3 N–H and O–H groups in total. The zero-order valence-electron chi connectivity index (χ0n) is 8.13. The molecular formula is C10H16N2S. The minimum atomic E-state index is 0.920. The molecule has 0 aliphatic heterocycles. The van der Waals surface area contributed by atoms with Crippen LogP contribution in [-0.4, -0.2) is 19.3 Å². The van der Waals surface area contributed by atoms with Crippen LogP contribution >= 0.6 is 11.8 Å². The van der Waals surface area contributed by atoms with E-state index in [-0.39, 0.29) is 0 Å². The van der Waals surface area contributed by atoms with E-state index < -0.39 is 0 Å². The lowest BCUT2D eigenvalue weighted by atomic mass is 10.2. The van der Waals surface area contributed by atoms with E-state index in [4.69, 9.17) is 5.73 Å². The Morgan fingerprint density at radius 3 is 2.92 bits per heavy atom. The van der Waals surface area contributed by atoms with Gasteiger partial charge >= 0.3 is 0 Å². The summed E-state index contributed by atoms with van der Waals surface area (Å²) in [5, 5.41) is 3.11. The first kappa shape index (κ1) is 10.4. The number of hydrogen-bond acceptors (Lipinski definition) is 3. The maximum atomic E-state index is 5.92. The summed E-state index contributed by atoms with van der Waals surface area (Å²) in [6.45, 7) is 3.05. The number of thioether (sulfide) groups is 1. The normalized spacial score (nSPS) is 10.3. The fourth-order valence-corrected chi connectivity index (χ4v) is 2.06. The predicted octanol–water partition coefficient (Wildman–Crippen LogP) is 1.89. The Hall–Kier alpha value is -0.670. The van der Waals surface area contributed by atoms with Crippen LogP contribution in [0.2, 0.25) is 0 Å². The van der Waals surface area contributed by atoms with E-state index in [0.29, 0.717) is 0 Å². The molecule has 0 fully saturated rings. The first-order chi connectivity index (χ1) is 6.25. The molecule has 0 unspecified atom stereocenters. The van der Waals surface area contributed by atoms with E-state index in [1.165, 1.54) is 4.90 Å². The van der Waals surface area contributed by atoms with Crippen LogP contribution in [0.1, 0.15) is 5.56 Å². The first-order valence-corrected chi connectivity index (χ1v) is 5.36. The third kappa shape index (κ3) is 2.94. The zero-order chi connectivity index (χ0) is 9.68. The minimum Gasteiger partial charge on any atom is -0.398 e. The summed E-state index contributed by atoms with van der Waals surface area (Å²) >= 11 is 1.80. The Morgan fingerprint density at radius 1 is 1.46 bits per heavy atom. The van der Waals surface area contributed by atoms with Crippen molar-refractivity contribution in [2.24, 2.45) is 0 Å². The Morgan fingerprint density at radius 2 is 2.23 bits per heavy atom. The fraction of sp³-hybridized carbons (Fsp3) is 0.400. The molecule has 0 spiro atoms. The molecule has 1 rings (SSSR count). The minimum absolute atomic E-state index is 0.920. The number of anilines is 1. The predicted molar refractivity (Wildman–Crippen MR) is 60.2 cm³/mol. The van der Waals surface area contributed by atoms with Gasteiger partial charge in [0.15, 0.2) is 0 Å². The highest BCUT2D eigenvalue weighted by atomic mass is 32.2. The fourth-order valence-electron chi connectivity index (χ4n) is 1.04. The van der Waals surface area contributed by atoms with Gasteiger partial charge in [0, 0.05) is 22.9 Å². The van der Waals surface area contributed by atoms with E-state index in [1.807, 2.05) is 26.1 Å². The van der Waals surface area contributed by atoms with Crippen LogP contribution in [0.25, 0.3) is 0 Å². The lowest BCUT2D eigenvalue weighted by Crippen LogP contribution is -2.09. The number of aryl methyl sites for hydroxylation is 1. The van der Waals surface area contributed by atoms with Gasteiger partial charge in [-0.3, -0.25) is 0 Å². The first-order valence-electron chi connectivity index (χ1n) is 4.38. The van der Waals surface area contributed by atoms with E-state index in [2.05, 4.69) is 11.4 Å². The van der Waals surface area contributed by atoms with Crippen LogP contribution in [0.4, 0.5) is 5.69 Å². The molecule has 1 aromatic carbocycles. The summed E-state index contributed by atoms with van der Waals surface area (Å²) in [6.07, 6.45) is 0. The highest BCUT2D eigenvalue weighted by molar-refractivity contribution is 7.99. The number of benzene rings is 1. The second kappa shape index (κ2) is 5.14. The highest BCUT2D eigenvalue weighted by Gasteiger charge is 2.00. The molecule has 0 saturated heterocycles. The molecule has 0 saturated carbocycles. The van der Waals surface area contributed by atoms with Crippen molar-refractivity contribution in [2.75, 3.05) is 25.1 Å². The molecule has 0 aliphatic rings. The van der Waals surface area contributed by atoms with Crippen molar-refractivity contribution in [1.29, 1.82) is 0 Å². The van der Waals surface area contributed by atoms with Gasteiger partial charge < -0.3 is 11.1 Å². The van der Waals surface area contributed by atoms with E-state index >= 15 is 0 Å². The second-order valence-electron chi connectivity index (χ2n) is 2.94.